The van der Waals surface area contributed by atoms with E-state index < -0.39 is 0 Å². The standard InChI is InChI=1S/C30H31ClN4OS/c1-19-10-13-21(31)17-25(19)32-30(36)35-18-24-23-7-4-5-9-27(23)37-29(24)34-16-6-8-26(34)28(35)20-11-14-22(15-12-20)33(2)3/h6,8,10-17,28H,4-5,7,9,18H2,1-3H3,(H,32,36). The number of benzene rings is 2. The third kappa shape index (κ3) is 4.32. The van der Waals surface area contributed by atoms with Gasteiger partial charge in [0.05, 0.1) is 18.3 Å². The molecule has 1 unspecified atom stereocenters. The summed E-state index contributed by atoms with van der Waals surface area (Å²) in [6, 6.07) is 18.1. The van der Waals surface area contributed by atoms with Gasteiger partial charge in [0.15, 0.2) is 0 Å². The van der Waals surface area contributed by atoms with Crippen LogP contribution in [0.1, 0.15) is 51.7 Å². The molecule has 0 radical (unpaired) electrons. The molecule has 2 aliphatic rings. The lowest BCUT2D eigenvalue weighted by Gasteiger charge is -2.32. The van der Waals surface area contributed by atoms with E-state index in [2.05, 4.69) is 57.4 Å². The first-order chi connectivity index (χ1) is 17.9. The molecule has 4 aromatic rings. The molecule has 5 nitrogen and oxygen atoms in total. The van der Waals surface area contributed by atoms with E-state index in [1.165, 1.54) is 33.8 Å². The summed E-state index contributed by atoms with van der Waals surface area (Å²) in [7, 11) is 4.08. The molecule has 0 saturated heterocycles. The molecule has 2 aromatic carbocycles. The molecule has 0 bridgehead atoms. The van der Waals surface area contributed by atoms with Crippen LogP contribution in [0.4, 0.5) is 16.2 Å². The molecular weight excluding hydrogens is 500 g/mol. The summed E-state index contributed by atoms with van der Waals surface area (Å²) in [5, 5.41) is 5.06. The van der Waals surface area contributed by atoms with Crippen LogP contribution in [0, 0.1) is 6.92 Å². The molecule has 2 aromatic heterocycles. The number of nitrogens with one attached hydrogen (secondary N) is 1. The van der Waals surface area contributed by atoms with Gasteiger partial charge in [-0.1, -0.05) is 29.8 Å². The molecule has 1 aliphatic carbocycles. The Hall–Kier alpha value is -3.22. The van der Waals surface area contributed by atoms with Crippen molar-refractivity contribution in [3.05, 3.63) is 98.6 Å². The van der Waals surface area contributed by atoms with Gasteiger partial charge in [-0.15, -0.1) is 11.3 Å². The van der Waals surface area contributed by atoms with E-state index in [4.69, 9.17) is 11.6 Å². The lowest BCUT2D eigenvalue weighted by atomic mass is 9.95. The number of amides is 2. The molecule has 1 atom stereocenters. The summed E-state index contributed by atoms with van der Waals surface area (Å²) in [6.45, 7) is 2.55. The summed E-state index contributed by atoms with van der Waals surface area (Å²) in [4.78, 5) is 19.7. The number of carbonyl (C=O) groups excluding carboxylic acids is 1. The first kappa shape index (κ1) is 24.1. The molecule has 7 heteroatoms. The van der Waals surface area contributed by atoms with Crippen LogP contribution in [0.2, 0.25) is 5.02 Å². The Morgan fingerprint density at radius 2 is 1.84 bits per heavy atom. The van der Waals surface area contributed by atoms with Crippen molar-refractivity contribution in [2.75, 3.05) is 24.3 Å². The van der Waals surface area contributed by atoms with Gasteiger partial charge in [-0.2, -0.15) is 0 Å². The van der Waals surface area contributed by atoms with Gasteiger partial charge in [-0.3, -0.25) is 0 Å². The van der Waals surface area contributed by atoms with Gasteiger partial charge < -0.3 is 19.7 Å². The molecule has 190 valence electrons. The third-order valence-corrected chi connectivity index (χ3v) is 9.17. The average molecular weight is 531 g/mol. The molecular formula is C30H31ClN4OS. The molecule has 2 amide bonds. The zero-order valence-corrected chi connectivity index (χ0v) is 23.0. The number of nitrogens with zero attached hydrogens (tertiary/aromatic N) is 3. The second-order valence-electron chi connectivity index (χ2n) is 10.2. The predicted molar refractivity (Wildman–Crippen MR) is 154 cm³/mol. The lowest BCUT2D eigenvalue weighted by molar-refractivity contribution is 0.194. The van der Waals surface area contributed by atoms with Crippen LogP contribution in [0.5, 0.6) is 0 Å². The van der Waals surface area contributed by atoms with Crippen LogP contribution in [0.15, 0.2) is 60.8 Å². The number of rotatable bonds is 3. The van der Waals surface area contributed by atoms with Crippen molar-refractivity contribution >= 4 is 40.3 Å². The maximum absolute atomic E-state index is 14.1. The molecule has 0 spiro atoms. The van der Waals surface area contributed by atoms with Crippen molar-refractivity contribution in [3.63, 3.8) is 0 Å². The first-order valence-corrected chi connectivity index (χ1v) is 14.0. The van der Waals surface area contributed by atoms with Gasteiger partial charge in [0.1, 0.15) is 5.00 Å². The molecule has 1 N–H and O–H groups in total. The highest BCUT2D eigenvalue weighted by Gasteiger charge is 2.36. The van der Waals surface area contributed by atoms with E-state index in [9.17, 15) is 4.79 Å². The quantitative estimate of drug-likeness (QED) is 0.296. The molecule has 0 saturated carbocycles. The van der Waals surface area contributed by atoms with Gasteiger partial charge in [-0.25, -0.2) is 4.79 Å². The highest BCUT2D eigenvalue weighted by Crippen LogP contribution is 2.44. The minimum absolute atomic E-state index is 0.122. The number of aryl methyl sites for hydroxylation is 2. The Balaban J connectivity index is 1.49. The Morgan fingerprint density at radius 1 is 1.05 bits per heavy atom. The van der Waals surface area contributed by atoms with Gasteiger partial charge in [0.2, 0.25) is 0 Å². The summed E-state index contributed by atoms with van der Waals surface area (Å²) in [5.74, 6) is 0. The number of aromatic nitrogens is 1. The van der Waals surface area contributed by atoms with Crippen molar-refractivity contribution in [1.82, 2.24) is 9.47 Å². The van der Waals surface area contributed by atoms with Gasteiger partial charge in [0.25, 0.3) is 0 Å². The van der Waals surface area contributed by atoms with Crippen LogP contribution in [0.3, 0.4) is 0 Å². The summed E-state index contributed by atoms with van der Waals surface area (Å²) in [5.41, 5.74) is 7.79. The van der Waals surface area contributed by atoms with E-state index in [-0.39, 0.29) is 12.1 Å². The number of carbonyl (C=O) groups is 1. The summed E-state index contributed by atoms with van der Waals surface area (Å²) < 4.78 is 2.32. The lowest BCUT2D eigenvalue weighted by Crippen LogP contribution is -2.38. The van der Waals surface area contributed by atoms with Crippen LogP contribution in [-0.2, 0) is 19.4 Å². The molecule has 37 heavy (non-hydrogen) atoms. The smallest absolute Gasteiger partial charge is 0.322 e. The number of thiophene rings is 1. The minimum Gasteiger partial charge on any atom is -0.378 e. The second-order valence-corrected chi connectivity index (χ2v) is 11.7. The second kappa shape index (κ2) is 9.58. The molecule has 1 aliphatic heterocycles. The zero-order valence-electron chi connectivity index (χ0n) is 21.4. The van der Waals surface area contributed by atoms with E-state index >= 15 is 0 Å². The van der Waals surface area contributed by atoms with Gasteiger partial charge in [-0.05, 0) is 85.7 Å². The highest BCUT2D eigenvalue weighted by molar-refractivity contribution is 7.15. The Bertz CT molecular complexity index is 1470. The van der Waals surface area contributed by atoms with Gasteiger partial charge in [0, 0.05) is 47.1 Å². The zero-order chi connectivity index (χ0) is 25.7. The number of fused-ring (bicyclic) bond motifs is 5. The fourth-order valence-corrected chi connectivity index (χ4v) is 7.18. The molecule has 3 heterocycles. The molecule has 6 rings (SSSR count). The topological polar surface area (TPSA) is 40.5 Å². The van der Waals surface area contributed by atoms with Crippen molar-refractivity contribution in [2.24, 2.45) is 0 Å². The van der Waals surface area contributed by atoms with E-state index in [0.29, 0.717) is 11.6 Å². The minimum atomic E-state index is -0.232. The third-order valence-electron chi connectivity index (χ3n) is 7.61. The number of hydrogen-bond donors (Lipinski definition) is 1. The number of halogens is 1. The fraction of sp³-hybridized carbons (Fsp3) is 0.300. The fourth-order valence-electron chi connectivity index (χ4n) is 5.61. The maximum atomic E-state index is 14.1. The SMILES string of the molecule is Cc1ccc(Cl)cc1NC(=O)N1Cc2c(sc3c2CCCC3)-n2cccc2C1c1ccc(N(C)C)cc1. The van der Waals surface area contributed by atoms with Crippen molar-refractivity contribution in [1.29, 1.82) is 0 Å². The number of anilines is 2. The van der Waals surface area contributed by atoms with E-state index in [1.54, 1.807) is 0 Å². The largest absolute Gasteiger partial charge is 0.378 e. The maximum Gasteiger partial charge on any atom is 0.322 e. The first-order valence-electron chi connectivity index (χ1n) is 12.8. The van der Waals surface area contributed by atoms with Crippen molar-refractivity contribution in [2.45, 2.75) is 45.2 Å². The molecule has 0 fully saturated rings. The van der Waals surface area contributed by atoms with Crippen molar-refractivity contribution < 1.29 is 4.79 Å². The Morgan fingerprint density at radius 3 is 2.62 bits per heavy atom. The number of hydrogen-bond acceptors (Lipinski definition) is 3. The van der Waals surface area contributed by atoms with Crippen molar-refractivity contribution in [3.8, 4) is 5.00 Å². The normalized spacial score (nSPS) is 16.4. The highest BCUT2D eigenvalue weighted by atomic mass is 35.5. The average Bonchev–Trinajstić information content (AvgIpc) is 3.48. The van der Waals surface area contributed by atoms with Crippen LogP contribution in [-0.4, -0.2) is 29.6 Å². The Kier molecular flexibility index (Phi) is 6.25. The van der Waals surface area contributed by atoms with E-state index in [1.807, 2.05) is 55.5 Å². The monoisotopic (exact) mass is 530 g/mol. The number of urea groups is 1. The van der Waals surface area contributed by atoms with Crippen LogP contribution < -0.4 is 10.2 Å². The summed E-state index contributed by atoms with van der Waals surface area (Å²) in [6.07, 6.45) is 6.82. The van der Waals surface area contributed by atoms with E-state index in [0.717, 1.165) is 41.0 Å². The summed E-state index contributed by atoms with van der Waals surface area (Å²) >= 11 is 8.19. The van der Waals surface area contributed by atoms with Gasteiger partial charge >= 0.3 is 6.03 Å². The van der Waals surface area contributed by atoms with Crippen LogP contribution >= 0.6 is 22.9 Å². The van der Waals surface area contributed by atoms with Crippen LogP contribution in [0.25, 0.3) is 5.00 Å². The Labute approximate surface area is 227 Å². The predicted octanol–water partition coefficient (Wildman–Crippen LogP) is 7.58.